The molecule has 104 heavy (non-hydrogen) atoms. The van der Waals surface area contributed by atoms with Crippen molar-refractivity contribution in [2.24, 2.45) is 5.73 Å². The number of carboxylic acid groups (broad SMARTS) is 2. The summed E-state index contributed by atoms with van der Waals surface area (Å²) in [5.74, 6) is -12.2. The zero-order valence-electron chi connectivity index (χ0n) is 57.6. The molecule has 3 heterocycles. The van der Waals surface area contributed by atoms with Crippen molar-refractivity contribution in [3.05, 3.63) is 168 Å². The topological polar surface area (TPSA) is 446 Å². The number of carboxylic acids is 2. The van der Waals surface area contributed by atoms with Gasteiger partial charge in [-0.1, -0.05) is 146 Å². The number of nitrogens with zero attached hydrogens (tertiary/aromatic N) is 2. The third-order valence-electron chi connectivity index (χ3n) is 18.7. The molecule has 0 aromatic heterocycles. The minimum absolute atomic E-state index is 0.0110. The Kier molecular flexibility index (Phi) is 27.0. The molecule has 3 aliphatic rings. The van der Waals surface area contributed by atoms with Gasteiger partial charge in [0.15, 0.2) is 5.96 Å². The highest BCUT2D eigenvalue weighted by atomic mass is 16.4. The number of benzene rings is 6. The maximum atomic E-state index is 15.2. The van der Waals surface area contributed by atoms with Crippen molar-refractivity contribution in [3.8, 4) is 0 Å². The lowest BCUT2D eigenvalue weighted by Gasteiger charge is -2.33. The smallest absolute Gasteiger partial charge is 0.305 e. The first kappa shape index (κ1) is 76.4. The Hall–Kier alpha value is -11.8. The van der Waals surface area contributed by atoms with Crippen LogP contribution in [0.5, 0.6) is 0 Å². The standard InChI is InChI=1S/C75H89N15O14/c1-44(76)79-34-14-30-53-67(97)84-55(51-28-12-24-47-22-8-10-26-49(47)51)41-64(92)82-57(38-45-18-4-2-5-19-45)68(98)87-60(43-66(95)96)71(101)88-59(42-65(93)94)70(100)86-58(39-46-20-6-3-7-21-46)69(99)85-56(52-29-13-25-48-23-9-11-27-50(48)52)40-63(91)81-54(31-15-35-80-75(77)78)73(103)90-37-17-33-62(90)74(104)89-36-16-32-61(89)72(102)83-53/h2-13,18-29,53-62H,14-17,30-43H2,1H3,(H2,76,79)(H,81,91)(H,82,92)(H,83,102)(H,84,97)(H,85,99)(H,86,100)(H,87,98)(H,88,101)(H,93,94)(H,95,96)(H4,77,78,80)/t53-,54+,55?,56?,57-,58-,59+,60+,61-,62-/m1/s1. The predicted molar refractivity (Wildman–Crippen MR) is 385 cm³/mol. The van der Waals surface area contributed by atoms with E-state index in [2.05, 4.69) is 53.2 Å². The SMILES string of the molecule is CC(=N)NCCC[C@H]1NC(=O)[C@H]2CCCN2C(=O)[C@H]2CCCN2C(=O)[C@H](CCCNC(=N)N)NC(=O)CC(c2cccc3ccccc23)NC(=O)[C@@H](Cc2ccccc2)NC(=O)[C@H](CC(=O)O)NC(=O)[C@H](CC(=O)O)NC(=O)[C@@H](Cc2ccccc2)NC(=O)CC(c2cccc3ccccc23)NC1=O. The molecule has 0 saturated carbocycles. The lowest BCUT2D eigenvalue weighted by Crippen LogP contribution is -2.59. The van der Waals surface area contributed by atoms with Crippen molar-refractivity contribution in [2.45, 2.75) is 157 Å². The van der Waals surface area contributed by atoms with E-state index in [-0.39, 0.29) is 89.3 Å². The first-order valence-corrected chi connectivity index (χ1v) is 34.9. The number of amidine groups is 1. The van der Waals surface area contributed by atoms with Crippen molar-refractivity contribution >= 4 is 104 Å². The Morgan fingerprint density at radius 3 is 1.35 bits per heavy atom. The molecule has 29 heteroatoms. The third-order valence-corrected chi connectivity index (χ3v) is 18.7. The van der Waals surface area contributed by atoms with Gasteiger partial charge in [-0.25, -0.2) is 0 Å². The van der Waals surface area contributed by atoms with Crippen LogP contribution in [0.1, 0.15) is 118 Å². The molecule has 10 atom stereocenters. The van der Waals surface area contributed by atoms with Gasteiger partial charge in [0.05, 0.1) is 43.6 Å². The molecule has 16 N–H and O–H groups in total. The van der Waals surface area contributed by atoms with E-state index in [0.717, 1.165) is 5.39 Å². The summed E-state index contributed by atoms with van der Waals surface area (Å²) in [6.07, 6.45) is -2.38. The highest BCUT2D eigenvalue weighted by molar-refractivity contribution is 6.00. The number of nitrogens with two attached hydrogens (primary N) is 1. The first-order valence-electron chi connectivity index (χ1n) is 34.9. The molecule has 2 unspecified atom stereocenters. The van der Waals surface area contributed by atoms with E-state index in [1.807, 2.05) is 24.3 Å². The van der Waals surface area contributed by atoms with Gasteiger partial charge in [0.25, 0.3) is 0 Å². The van der Waals surface area contributed by atoms with Gasteiger partial charge in [-0.05, 0) is 102 Å². The molecule has 548 valence electrons. The molecule has 0 radical (unpaired) electrons. The summed E-state index contributed by atoms with van der Waals surface area (Å²) in [7, 11) is 0. The Morgan fingerprint density at radius 1 is 0.452 bits per heavy atom. The first-order chi connectivity index (χ1) is 50.0. The molecular weight excluding hydrogens is 1330 g/mol. The summed E-state index contributed by atoms with van der Waals surface area (Å²) in [6, 6.07) is 26.9. The van der Waals surface area contributed by atoms with Gasteiger partial charge < -0.3 is 78.9 Å². The fourth-order valence-corrected chi connectivity index (χ4v) is 13.6. The van der Waals surface area contributed by atoms with Crippen LogP contribution >= 0.6 is 0 Å². The molecule has 9 rings (SSSR count). The van der Waals surface area contributed by atoms with Gasteiger partial charge in [-0.2, -0.15) is 0 Å². The molecule has 10 amide bonds. The number of rotatable bonds is 18. The van der Waals surface area contributed by atoms with Gasteiger partial charge in [-0.15, -0.1) is 0 Å². The van der Waals surface area contributed by atoms with Crippen LogP contribution in [-0.2, 0) is 70.4 Å². The number of aliphatic carboxylic acids is 2. The second kappa shape index (κ2) is 36.7. The average molecular weight is 1420 g/mol. The molecule has 3 saturated heterocycles. The number of carbonyl (C=O) groups excluding carboxylic acids is 10. The lowest BCUT2D eigenvalue weighted by atomic mass is 9.95. The second-order valence-corrected chi connectivity index (χ2v) is 26.3. The Bertz CT molecular complexity index is 4150. The number of carbonyl (C=O) groups is 12. The summed E-state index contributed by atoms with van der Waals surface area (Å²) < 4.78 is 0. The van der Waals surface area contributed by atoms with E-state index in [1.54, 1.807) is 121 Å². The summed E-state index contributed by atoms with van der Waals surface area (Å²) in [4.78, 5) is 178. The van der Waals surface area contributed by atoms with E-state index in [1.165, 1.54) is 16.7 Å². The molecule has 3 fully saturated rings. The number of guanidine groups is 1. The molecule has 0 bridgehead atoms. The zero-order valence-corrected chi connectivity index (χ0v) is 57.6. The Morgan fingerprint density at radius 2 is 0.846 bits per heavy atom. The fourth-order valence-electron chi connectivity index (χ4n) is 13.6. The van der Waals surface area contributed by atoms with Gasteiger partial charge in [-0.3, -0.25) is 68.4 Å². The largest absolute Gasteiger partial charge is 0.481 e. The number of hydrogen-bond donors (Lipinski definition) is 15. The summed E-state index contributed by atoms with van der Waals surface area (Å²) in [5.41, 5.74) is 7.50. The van der Waals surface area contributed by atoms with Gasteiger partial charge in [0.2, 0.25) is 59.1 Å². The van der Waals surface area contributed by atoms with Crippen LogP contribution in [0.4, 0.5) is 0 Å². The highest BCUT2D eigenvalue weighted by Gasteiger charge is 2.45. The van der Waals surface area contributed by atoms with Gasteiger partial charge in [0.1, 0.15) is 48.3 Å². The Labute approximate surface area is 600 Å². The van der Waals surface area contributed by atoms with Gasteiger partial charge >= 0.3 is 11.9 Å². The summed E-state index contributed by atoms with van der Waals surface area (Å²) in [5, 5.41) is 66.3. The number of amides is 10. The molecular formula is C75H89N15O14. The van der Waals surface area contributed by atoms with E-state index in [0.29, 0.717) is 51.3 Å². The maximum absolute atomic E-state index is 15.2. The predicted octanol–water partition coefficient (Wildman–Crippen LogP) is 2.76. The number of nitrogens with one attached hydrogen (secondary N) is 12. The van der Waals surface area contributed by atoms with Crippen LogP contribution in [0.15, 0.2) is 146 Å². The zero-order chi connectivity index (χ0) is 74.4. The Balaban J connectivity index is 1.12. The summed E-state index contributed by atoms with van der Waals surface area (Å²) >= 11 is 0. The lowest BCUT2D eigenvalue weighted by molar-refractivity contribution is -0.148. The number of hydrogen-bond acceptors (Lipinski definition) is 14. The van der Waals surface area contributed by atoms with Crippen LogP contribution in [0.2, 0.25) is 0 Å². The molecule has 0 spiro atoms. The van der Waals surface area contributed by atoms with Crippen molar-refractivity contribution in [1.82, 2.24) is 63.0 Å². The monoisotopic (exact) mass is 1420 g/mol. The van der Waals surface area contributed by atoms with Crippen molar-refractivity contribution in [2.75, 3.05) is 26.2 Å². The second-order valence-electron chi connectivity index (χ2n) is 26.3. The summed E-state index contributed by atoms with van der Waals surface area (Å²) in [6.45, 7) is 2.06. The maximum Gasteiger partial charge on any atom is 0.305 e. The average Bonchev–Trinajstić information content (AvgIpc) is 1.38. The van der Waals surface area contributed by atoms with Crippen molar-refractivity contribution in [1.29, 1.82) is 10.8 Å². The van der Waals surface area contributed by atoms with Crippen LogP contribution in [0, 0.1) is 10.8 Å². The number of fused-ring (bicyclic) bond motifs is 4. The van der Waals surface area contributed by atoms with Crippen LogP contribution < -0.4 is 58.9 Å². The molecule has 6 aromatic rings. The normalized spacial score (nSPS) is 23.2. The minimum atomic E-state index is -2.05. The molecule has 6 aromatic carbocycles. The highest BCUT2D eigenvalue weighted by Crippen LogP contribution is 2.31. The van der Waals surface area contributed by atoms with Crippen LogP contribution in [0.25, 0.3) is 21.5 Å². The molecule has 29 nitrogen and oxygen atoms in total. The van der Waals surface area contributed by atoms with Gasteiger partial charge in [0, 0.05) is 39.0 Å². The van der Waals surface area contributed by atoms with Crippen molar-refractivity contribution in [3.63, 3.8) is 0 Å². The van der Waals surface area contributed by atoms with E-state index in [9.17, 15) is 48.6 Å². The van der Waals surface area contributed by atoms with E-state index < -0.39 is 157 Å². The van der Waals surface area contributed by atoms with Crippen LogP contribution in [-0.4, -0.2) is 177 Å². The third kappa shape index (κ3) is 21.2. The van der Waals surface area contributed by atoms with E-state index >= 15 is 19.2 Å². The fraction of sp³-hybridized carbons (Fsp3) is 0.387. The molecule has 3 aliphatic heterocycles. The quantitative estimate of drug-likeness (QED) is 0.0334. The molecule has 0 aliphatic carbocycles. The van der Waals surface area contributed by atoms with Crippen molar-refractivity contribution < 1.29 is 67.7 Å². The van der Waals surface area contributed by atoms with Crippen LogP contribution in [0.3, 0.4) is 0 Å². The minimum Gasteiger partial charge on any atom is -0.481 e. The van der Waals surface area contributed by atoms with E-state index in [4.69, 9.17) is 16.6 Å².